The number of rotatable bonds is 2. The van der Waals surface area contributed by atoms with E-state index in [1.165, 1.54) is 0 Å². The van der Waals surface area contributed by atoms with Gasteiger partial charge in [-0.25, -0.2) is 4.98 Å². The molecule has 0 radical (unpaired) electrons. The lowest BCUT2D eigenvalue weighted by Gasteiger charge is -2.28. The first kappa shape index (κ1) is 11.5. The van der Waals surface area contributed by atoms with Crippen molar-refractivity contribution < 1.29 is 4.21 Å². The Labute approximate surface area is 102 Å². The molecule has 0 aliphatic carbocycles. The Balaban J connectivity index is 2.26. The molecule has 2 N–H and O–H groups in total. The van der Waals surface area contributed by atoms with Gasteiger partial charge >= 0.3 is 0 Å². The van der Waals surface area contributed by atoms with Crippen molar-refractivity contribution in [3.05, 3.63) is 23.9 Å². The molecule has 0 spiro atoms. The molecule has 6 heteroatoms. The monoisotopic (exact) mass is 255 g/mol. The average molecular weight is 255 g/mol. The molecule has 16 heavy (non-hydrogen) atoms. The van der Waals surface area contributed by atoms with Gasteiger partial charge in [0.2, 0.25) is 0 Å². The predicted octanol–water partition coefficient (Wildman–Crippen LogP) is 0.284. The Kier molecular flexibility index (Phi) is 3.50. The summed E-state index contributed by atoms with van der Waals surface area (Å²) < 4.78 is 11.3. The molecule has 0 saturated carbocycles. The average Bonchev–Trinajstić information content (AvgIpc) is 2.30. The van der Waals surface area contributed by atoms with Crippen molar-refractivity contribution in [2.75, 3.05) is 29.5 Å². The molecular weight excluding hydrogens is 242 g/mol. The van der Waals surface area contributed by atoms with Crippen LogP contribution in [0.1, 0.15) is 5.56 Å². The second-order valence-corrected chi connectivity index (χ2v) is 5.71. The van der Waals surface area contributed by atoms with Crippen molar-refractivity contribution in [1.82, 2.24) is 4.98 Å². The highest BCUT2D eigenvalue weighted by Gasteiger charge is 2.19. The van der Waals surface area contributed by atoms with Crippen molar-refractivity contribution >= 4 is 33.8 Å². The number of nitrogens with two attached hydrogens (primary N) is 1. The Bertz CT molecular complexity index is 426. The van der Waals surface area contributed by atoms with E-state index in [1.54, 1.807) is 6.20 Å². The summed E-state index contributed by atoms with van der Waals surface area (Å²) in [6, 6.07) is 3.69. The summed E-state index contributed by atoms with van der Waals surface area (Å²) in [6.07, 6.45) is 1.72. The van der Waals surface area contributed by atoms with E-state index >= 15 is 0 Å². The van der Waals surface area contributed by atoms with Gasteiger partial charge in [0.15, 0.2) is 0 Å². The van der Waals surface area contributed by atoms with Crippen molar-refractivity contribution in [2.45, 2.75) is 0 Å². The first-order valence-corrected chi connectivity index (χ1v) is 6.93. The maximum absolute atomic E-state index is 11.3. The van der Waals surface area contributed by atoms with Crippen LogP contribution in [-0.4, -0.2) is 38.8 Å². The molecule has 0 unspecified atom stereocenters. The molecule has 0 amide bonds. The molecule has 1 saturated heterocycles. The summed E-state index contributed by atoms with van der Waals surface area (Å²) in [4.78, 5) is 6.76. The largest absolute Gasteiger partial charge is 0.389 e. The second kappa shape index (κ2) is 4.88. The highest BCUT2D eigenvalue weighted by atomic mass is 32.2. The SMILES string of the molecule is NC(=S)c1cccnc1N1CCS(=O)CC1. The Morgan fingerprint density at radius 1 is 1.50 bits per heavy atom. The van der Waals surface area contributed by atoms with Gasteiger partial charge in [-0.05, 0) is 12.1 Å². The molecule has 4 nitrogen and oxygen atoms in total. The van der Waals surface area contributed by atoms with Gasteiger partial charge in [0.05, 0.1) is 5.56 Å². The van der Waals surface area contributed by atoms with Gasteiger partial charge in [0.1, 0.15) is 10.8 Å². The molecule has 0 bridgehead atoms. The van der Waals surface area contributed by atoms with E-state index in [1.807, 2.05) is 12.1 Å². The normalized spacial score (nSPS) is 17.4. The first-order valence-electron chi connectivity index (χ1n) is 5.03. The van der Waals surface area contributed by atoms with Crippen molar-refractivity contribution in [1.29, 1.82) is 0 Å². The fourth-order valence-electron chi connectivity index (χ4n) is 1.69. The fourth-order valence-corrected chi connectivity index (χ4v) is 2.90. The molecule has 2 heterocycles. The molecule has 1 aromatic heterocycles. The van der Waals surface area contributed by atoms with Crippen LogP contribution in [0.2, 0.25) is 0 Å². The number of pyridine rings is 1. The lowest BCUT2D eigenvalue weighted by atomic mass is 10.2. The van der Waals surface area contributed by atoms with Crippen LogP contribution in [0.25, 0.3) is 0 Å². The van der Waals surface area contributed by atoms with E-state index in [-0.39, 0.29) is 0 Å². The number of nitrogens with zero attached hydrogens (tertiary/aromatic N) is 2. The Morgan fingerprint density at radius 2 is 2.19 bits per heavy atom. The summed E-state index contributed by atoms with van der Waals surface area (Å²) in [6.45, 7) is 1.50. The first-order chi connectivity index (χ1) is 7.68. The number of hydrogen-bond acceptors (Lipinski definition) is 4. The van der Waals surface area contributed by atoms with E-state index in [2.05, 4.69) is 9.88 Å². The smallest absolute Gasteiger partial charge is 0.138 e. The van der Waals surface area contributed by atoms with E-state index in [9.17, 15) is 4.21 Å². The molecule has 86 valence electrons. The number of anilines is 1. The molecule has 0 atom stereocenters. The lowest BCUT2D eigenvalue weighted by Crippen LogP contribution is -2.39. The quantitative estimate of drug-likeness (QED) is 0.770. The van der Waals surface area contributed by atoms with Gasteiger partial charge < -0.3 is 10.6 Å². The summed E-state index contributed by atoms with van der Waals surface area (Å²) in [5.74, 6) is 2.19. The number of thiocarbonyl (C=S) groups is 1. The fraction of sp³-hybridized carbons (Fsp3) is 0.400. The zero-order chi connectivity index (χ0) is 11.5. The van der Waals surface area contributed by atoms with Crippen LogP contribution in [0.4, 0.5) is 5.82 Å². The standard InChI is InChI=1S/C10H13N3OS2/c11-9(15)8-2-1-3-12-10(8)13-4-6-16(14)7-5-13/h1-3H,4-7H2,(H2,11,15). The van der Waals surface area contributed by atoms with Crippen LogP contribution in [0.5, 0.6) is 0 Å². The highest BCUT2D eigenvalue weighted by molar-refractivity contribution is 7.85. The summed E-state index contributed by atoms with van der Waals surface area (Å²) in [5, 5.41) is 0. The van der Waals surface area contributed by atoms with E-state index in [0.717, 1.165) is 24.5 Å². The van der Waals surface area contributed by atoms with Gasteiger partial charge in [-0.2, -0.15) is 0 Å². The number of hydrogen-bond donors (Lipinski definition) is 1. The summed E-state index contributed by atoms with van der Waals surface area (Å²) in [7, 11) is -0.686. The van der Waals surface area contributed by atoms with Crippen LogP contribution in [0.3, 0.4) is 0 Å². The van der Waals surface area contributed by atoms with E-state index in [4.69, 9.17) is 18.0 Å². The van der Waals surface area contributed by atoms with Gasteiger partial charge in [-0.15, -0.1) is 0 Å². The van der Waals surface area contributed by atoms with Gasteiger partial charge in [-0.1, -0.05) is 12.2 Å². The maximum Gasteiger partial charge on any atom is 0.138 e. The highest BCUT2D eigenvalue weighted by Crippen LogP contribution is 2.18. The van der Waals surface area contributed by atoms with Crippen LogP contribution < -0.4 is 10.6 Å². The number of aromatic nitrogens is 1. The Morgan fingerprint density at radius 3 is 2.81 bits per heavy atom. The van der Waals surface area contributed by atoms with Gasteiger partial charge in [-0.3, -0.25) is 4.21 Å². The summed E-state index contributed by atoms with van der Waals surface area (Å²) >= 11 is 4.99. The minimum atomic E-state index is -0.686. The molecule has 1 aliphatic rings. The minimum absolute atomic E-state index is 0.356. The zero-order valence-corrected chi connectivity index (χ0v) is 10.4. The third kappa shape index (κ3) is 2.38. The molecular formula is C10H13N3OS2. The maximum atomic E-state index is 11.3. The van der Waals surface area contributed by atoms with E-state index in [0.29, 0.717) is 16.5 Å². The van der Waals surface area contributed by atoms with E-state index < -0.39 is 10.8 Å². The predicted molar refractivity (Wildman–Crippen MR) is 70.2 cm³/mol. The minimum Gasteiger partial charge on any atom is -0.389 e. The second-order valence-electron chi connectivity index (χ2n) is 3.57. The molecule has 2 rings (SSSR count). The van der Waals surface area contributed by atoms with Crippen LogP contribution in [0.15, 0.2) is 18.3 Å². The van der Waals surface area contributed by atoms with Crippen LogP contribution in [0, 0.1) is 0 Å². The van der Waals surface area contributed by atoms with Gasteiger partial charge in [0.25, 0.3) is 0 Å². The lowest BCUT2D eigenvalue weighted by molar-refractivity contribution is 0.672. The van der Waals surface area contributed by atoms with Gasteiger partial charge in [0, 0.05) is 41.6 Å². The topological polar surface area (TPSA) is 59.2 Å². The molecule has 1 aliphatic heterocycles. The zero-order valence-electron chi connectivity index (χ0n) is 8.76. The third-order valence-corrected chi connectivity index (χ3v) is 4.03. The van der Waals surface area contributed by atoms with Crippen molar-refractivity contribution in [3.63, 3.8) is 0 Å². The Hall–Kier alpha value is -1.01. The van der Waals surface area contributed by atoms with Crippen molar-refractivity contribution in [2.24, 2.45) is 5.73 Å². The summed E-state index contributed by atoms with van der Waals surface area (Å²) in [5.41, 5.74) is 6.45. The van der Waals surface area contributed by atoms with Crippen molar-refractivity contribution in [3.8, 4) is 0 Å². The van der Waals surface area contributed by atoms with Crippen LogP contribution >= 0.6 is 12.2 Å². The third-order valence-electron chi connectivity index (χ3n) is 2.53. The molecule has 0 aromatic carbocycles. The van der Waals surface area contributed by atoms with Crippen LogP contribution in [-0.2, 0) is 10.8 Å². The molecule has 1 aromatic rings. The molecule has 1 fully saturated rings.